The number of nitrogens with one attached hydrogen (secondary N) is 1. The summed E-state index contributed by atoms with van der Waals surface area (Å²) in [5.74, 6) is 0.629. The molecule has 3 atom stereocenters. The summed E-state index contributed by atoms with van der Waals surface area (Å²) < 4.78 is 16.3. The maximum Gasteiger partial charge on any atom is 0.0791 e. The second-order valence-electron chi connectivity index (χ2n) is 4.62. The second-order valence-corrected chi connectivity index (χ2v) is 6.10. The van der Waals surface area contributed by atoms with Crippen molar-refractivity contribution in [3.8, 4) is 0 Å². The molecule has 1 saturated heterocycles. The predicted molar refractivity (Wildman–Crippen MR) is 69.7 cm³/mol. The van der Waals surface area contributed by atoms with Gasteiger partial charge < -0.3 is 15.2 Å². The number of hydrogen-bond donors (Lipinski definition) is 2. The first-order chi connectivity index (χ1) is 8.08. The fraction of sp³-hybridized carbons (Fsp3) is 1.00. The molecular weight excluding hydrogens is 240 g/mol. The molecule has 0 aliphatic carbocycles. The molecule has 0 aromatic rings. The molecule has 1 heterocycles. The van der Waals surface area contributed by atoms with E-state index in [0.717, 1.165) is 26.3 Å². The Morgan fingerprint density at radius 2 is 2.12 bits per heavy atom. The van der Waals surface area contributed by atoms with Gasteiger partial charge in [0.25, 0.3) is 0 Å². The Morgan fingerprint density at radius 1 is 1.47 bits per heavy atom. The zero-order chi connectivity index (χ0) is 12.7. The number of morpholine rings is 1. The third kappa shape index (κ3) is 7.10. The van der Waals surface area contributed by atoms with Gasteiger partial charge in [-0.3, -0.25) is 9.11 Å². The van der Waals surface area contributed by atoms with Gasteiger partial charge in [-0.1, -0.05) is 0 Å². The summed E-state index contributed by atoms with van der Waals surface area (Å²) in [6, 6.07) is 0.181. The van der Waals surface area contributed by atoms with Crippen LogP contribution in [0.2, 0.25) is 0 Å². The number of rotatable bonds is 7. The standard InChI is InChI=1S/C11H24N2O3S/c1-10(9-17(2)15)12-7-11(14)8-13-3-5-16-6-4-13/h10-12,14H,3-9H2,1-2H3. The Balaban J connectivity index is 2.11. The van der Waals surface area contributed by atoms with Crippen LogP contribution in [0.5, 0.6) is 0 Å². The molecule has 0 aromatic carbocycles. The summed E-state index contributed by atoms with van der Waals surface area (Å²) in [4.78, 5) is 2.21. The van der Waals surface area contributed by atoms with Crippen LogP contribution in [0.15, 0.2) is 0 Å². The Hall–Kier alpha value is -0.0100. The minimum atomic E-state index is -0.788. The van der Waals surface area contributed by atoms with E-state index < -0.39 is 10.8 Å². The molecule has 0 saturated carbocycles. The van der Waals surface area contributed by atoms with Gasteiger partial charge in [-0.05, 0) is 6.92 Å². The number of β-amino-alcohol motifs (C(OH)–C–C–N with tert-alkyl or cyclic N) is 1. The highest BCUT2D eigenvalue weighted by atomic mass is 32.2. The lowest BCUT2D eigenvalue weighted by atomic mass is 10.2. The first-order valence-corrected chi connectivity index (χ1v) is 7.82. The maximum absolute atomic E-state index is 11.0. The van der Waals surface area contributed by atoms with E-state index in [1.165, 1.54) is 0 Å². The van der Waals surface area contributed by atoms with Crippen molar-refractivity contribution in [3.05, 3.63) is 0 Å². The highest BCUT2D eigenvalue weighted by Crippen LogP contribution is 1.98. The zero-order valence-electron chi connectivity index (χ0n) is 10.7. The van der Waals surface area contributed by atoms with Crippen LogP contribution in [0.1, 0.15) is 6.92 Å². The Morgan fingerprint density at radius 3 is 2.71 bits per heavy atom. The van der Waals surface area contributed by atoms with Gasteiger partial charge in [0.1, 0.15) is 0 Å². The predicted octanol–water partition coefficient (Wildman–Crippen LogP) is -0.964. The fourth-order valence-corrected chi connectivity index (χ4v) is 2.72. The average molecular weight is 264 g/mol. The monoisotopic (exact) mass is 264 g/mol. The van der Waals surface area contributed by atoms with Gasteiger partial charge in [0.15, 0.2) is 0 Å². The maximum atomic E-state index is 11.0. The van der Waals surface area contributed by atoms with Crippen molar-refractivity contribution < 1.29 is 14.1 Å². The molecule has 5 nitrogen and oxygen atoms in total. The smallest absolute Gasteiger partial charge is 0.0791 e. The van der Waals surface area contributed by atoms with Gasteiger partial charge in [-0.15, -0.1) is 0 Å². The number of nitrogens with zero attached hydrogens (tertiary/aromatic N) is 1. The SMILES string of the molecule is CC(CS(C)=O)NCC(O)CN1CCOCC1. The molecule has 1 aliphatic rings. The lowest BCUT2D eigenvalue weighted by Gasteiger charge is -2.29. The summed E-state index contributed by atoms with van der Waals surface area (Å²) in [5, 5.41) is 13.1. The van der Waals surface area contributed by atoms with Crippen LogP contribution < -0.4 is 5.32 Å². The van der Waals surface area contributed by atoms with E-state index >= 15 is 0 Å². The normalized spacial score (nSPS) is 23.2. The molecule has 102 valence electrons. The van der Waals surface area contributed by atoms with Crippen molar-refractivity contribution in [3.63, 3.8) is 0 Å². The van der Waals surface area contributed by atoms with Crippen molar-refractivity contribution >= 4 is 10.8 Å². The molecule has 1 rings (SSSR count). The van der Waals surface area contributed by atoms with E-state index in [0.29, 0.717) is 18.8 Å². The quantitative estimate of drug-likeness (QED) is 0.620. The van der Waals surface area contributed by atoms with E-state index in [4.69, 9.17) is 4.74 Å². The summed E-state index contributed by atoms with van der Waals surface area (Å²) in [6.07, 6.45) is 1.32. The van der Waals surface area contributed by atoms with E-state index in [1.54, 1.807) is 6.26 Å². The summed E-state index contributed by atoms with van der Waals surface area (Å²) >= 11 is 0. The van der Waals surface area contributed by atoms with Crippen LogP contribution in [0.25, 0.3) is 0 Å². The van der Waals surface area contributed by atoms with Crippen LogP contribution in [0.3, 0.4) is 0 Å². The van der Waals surface area contributed by atoms with Crippen molar-refractivity contribution in [2.45, 2.75) is 19.1 Å². The molecule has 0 radical (unpaired) electrons. The van der Waals surface area contributed by atoms with Crippen LogP contribution in [0.4, 0.5) is 0 Å². The van der Waals surface area contributed by atoms with Gasteiger partial charge in [-0.25, -0.2) is 0 Å². The van der Waals surface area contributed by atoms with Crippen molar-refractivity contribution in [1.82, 2.24) is 10.2 Å². The van der Waals surface area contributed by atoms with E-state index in [2.05, 4.69) is 10.2 Å². The molecule has 0 bridgehead atoms. The van der Waals surface area contributed by atoms with Crippen molar-refractivity contribution in [1.29, 1.82) is 0 Å². The molecule has 0 amide bonds. The molecule has 0 spiro atoms. The third-order valence-corrected chi connectivity index (χ3v) is 3.73. The highest BCUT2D eigenvalue weighted by molar-refractivity contribution is 7.84. The van der Waals surface area contributed by atoms with Crippen LogP contribution >= 0.6 is 0 Å². The second kappa shape index (κ2) is 8.16. The lowest BCUT2D eigenvalue weighted by molar-refractivity contribution is 0.0146. The molecule has 17 heavy (non-hydrogen) atoms. The van der Waals surface area contributed by atoms with Gasteiger partial charge >= 0.3 is 0 Å². The number of aliphatic hydroxyl groups is 1. The summed E-state index contributed by atoms with van der Waals surface area (Å²) in [5.41, 5.74) is 0. The number of hydrogen-bond acceptors (Lipinski definition) is 5. The van der Waals surface area contributed by atoms with Gasteiger partial charge in [0.05, 0.1) is 19.3 Å². The Kier molecular flexibility index (Phi) is 7.22. The minimum absolute atomic E-state index is 0.181. The highest BCUT2D eigenvalue weighted by Gasteiger charge is 2.15. The van der Waals surface area contributed by atoms with E-state index in [1.807, 2.05) is 6.92 Å². The number of ether oxygens (including phenoxy) is 1. The largest absolute Gasteiger partial charge is 0.390 e. The molecule has 6 heteroatoms. The Bertz CT molecular complexity index is 235. The van der Waals surface area contributed by atoms with Crippen LogP contribution in [-0.2, 0) is 15.5 Å². The average Bonchev–Trinajstić information content (AvgIpc) is 2.27. The lowest BCUT2D eigenvalue weighted by Crippen LogP contribution is -2.45. The summed E-state index contributed by atoms with van der Waals surface area (Å²) in [6.45, 7) is 6.52. The molecule has 1 aliphatic heterocycles. The van der Waals surface area contributed by atoms with Crippen molar-refractivity contribution in [2.24, 2.45) is 0 Å². The van der Waals surface area contributed by atoms with E-state index in [9.17, 15) is 9.32 Å². The third-order valence-electron chi connectivity index (χ3n) is 2.76. The topological polar surface area (TPSA) is 61.8 Å². The van der Waals surface area contributed by atoms with Crippen molar-refractivity contribution in [2.75, 3.05) is 51.4 Å². The fourth-order valence-electron chi connectivity index (χ4n) is 1.89. The number of aliphatic hydroxyl groups excluding tert-OH is 1. The van der Waals surface area contributed by atoms with Crippen LogP contribution in [0, 0.1) is 0 Å². The first kappa shape index (κ1) is 15.0. The molecule has 1 fully saturated rings. The summed E-state index contributed by atoms with van der Waals surface area (Å²) in [7, 11) is -0.788. The molecule has 3 unspecified atom stereocenters. The van der Waals surface area contributed by atoms with E-state index in [-0.39, 0.29) is 12.1 Å². The molecule has 0 aromatic heterocycles. The minimum Gasteiger partial charge on any atom is -0.390 e. The molecule has 2 N–H and O–H groups in total. The van der Waals surface area contributed by atoms with Gasteiger partial charge in [-0.2, -0.15) is 0 Å². The Labute approximate surface area is 106 Å². The van der Waals surface area contributed by atoms with Gasteiger partial charge in [0, 0.05) is 55.0 Å². The zero-order valence-corrected chi connectivity index (χ0v) is 11.5. The van der Waals surface area contributed by atoms with Crippen LogP contribution in [-0.4, -0.2) is 77.8 Å². The first-order valence-electron chi connectivity index (χ1n) is 6.09. The van der Waals surface area contributed by atoms with Gasteiger partial charge in [0.2, 0.25) is 0 Å². The molecular formula is C11H24N2O3S.